The Kier molecular flexibility index (Phi) is 4.64. The van der Waals surface area contributed by atoms with Crippen molar-refractivity contribution in [3.05, 3.63) is 45.7 Å². The number of nitrogens with one attached hydrogen (secondary N) is 2. The number of rotatable bonds is 2. The summed E-state index contributed by atoms with van der Waals surface area (Å²) in [7, 11) is 1.74. The van der Waals surface area contributed by atoms with E-state index in [0.29, 0.717) is 28.5 Å². The number of piperidine rings is 1. The molecule has 2 N–H and O–H groups in total. The number of alkyl halides is 3. The molecular weight excluding hydrogens is 400 g/mol. The van der Waals surface area contributed by atoms with Crippen molar-refractivity contribution in [1.82, 2.24) is 10.3 Å². The zero-order valence-electron chi connectivity index (χ0n) is 14.4. The standard InChI is InChI=1S/C18H17Cl2F3N4/c1-27-15-2-3-24-8-12(15)11-5-10(6-13(16(11)27)18(21,22)23)26-14-4-9(19)7-25-17(14)20/h4-7,12,15,24,26H,2-3,8H2,1H3/t12-,15-/m0/s1. The van der Waals surface area contributed by atoms with Gasteiger partial charge in [0.25, 0.3) is 0 Å². The van der Waals surface area contributed by atoms with E-state index >= 15 is 0 Å². The fourth-order valence-corrected chi connectivity index (χ4v) is 4.39. The third kappa shape index (κ3) is 3.32. The van der Waals surface area contributed by atoms with Crippen LogP contribution in [0.15, 0.2) is 24.4 Å². The minimum absolute atomic E-state index is 0.00885. The molecule has 4 rings (SSSR count). The summed E-state index contributed by atoms with van der Waals surface area (Å²) in [5.41, 5.74) is 0.985. The van der Waals surface area contributed by atoms with Crippen molar-refractivity contribution in [3.8, 4) is 0 Å². The fraction of sp³-hybridized carbons (Fsp3) is 0.389. The van der Waals surface area contributed by atoms with E-state index in [2.05, 4.69) is 15.6 Å². The maximum absolute atomic E-state index is 13.8. The summed E-state index contributed by atoms with van der Waals surface area (Å²) < 4.78 is 41.5. The molecule has 144 valence electrons. The second-order valence-electron chi connectivity index (χ2n) is 6.85. The van der Waals surface area contributed by atoms with Crippen molar-refractivity contribution in [3.63, 3.8) is 0 Å². The van der Waals surface area contributed by atoms with Gasteiger partial charge in [0.15, 0.2) is 5.15 Å². The first kappa shape index (κ1) is 18.7. The normalized spacial score (nSPS) is 21.8. The Balaban J connectivity index is 1.82. The molecule has 1 aromatic carbocycles. The summed E-state index contributed by atoms with van der Waals surface area (Å²) in [6.07, 6.45) is -2.28. The maximum atomic E-state index is 13.8. The Morgan fingerprint density at radius 2 is 2.04 bits per heavy atom. The topological polar surface area (TPSA) is 40.2 Å². The lowest BCUT2D eigenvalue weighted by atomic mass is 9.89. The van der Waals surface area contributed by atoms with Crippen molar-refractivity contribution in [2.45, 2.75) is 24.6 Å². The molecule has 1 saturated heterocycles. The van der Waals surface area contributed by atoms with Gasteiger partial charge < -0.3 is 15.5 Å². The first-order valence-electron chi connectivity index (χ1n) is 8.52. The lowest BCUT2D eigenvalue weighted by Crippen LogP contribution is -2.42. The van der Waals surface area contributed by atoms with E-state index in [1.807, 2.05) is 0 Å². The average molecular weight is 417 g/mol. The molecule has 0 unspecified atom stereocenters. The van der Waals surface area contributed by atoms with Crippen LogP contribution in [0.3, 0.4) is 0 Å². The van der Waals surface area contributed by atoms with E-state index in [1.165, 1.54) is 12.3 Å². The first-order chi connectivity index (χ1) is 12.8. The van der Waals surface area contributed by atoms with Gasteiger partial charge in [-0.05, 0) is 36.7 Å². The molecule has 27 heavy (non-hydrogen) atoms. The Labute approximate surface area is 164 Å². The fourth-order valence-electron chi connectivity index (χ4n) is 4.08. The number of fused-ring (bicyclic) bond motifs is 3. The van der Waals surface area contributed by atoms with E-state index in [0.717, 1.165) is 19.0 Å². The van der Waals surface area contributed by atoms with Crippen molar-refractivity contribution < 1.29 is 13.2 Å². The SMILES string of the molecule is CN1c2c(cc(Nc3cc(Cl)cnc3Cl)cc2C(F)(F)F)[C@@H]2CNCC[C@@H]21. The molecule has 0 amide bonds. The van der Waals surface area contributed by atoms with Gasteiger partial charge in [-0.25, -0.2) is 4.98 Å². The number of pyridine rings is 1. The summed E-state index contributed by atoms with van der Waals surface area (Å²) in [5.74, 6) is 0.00885. The van der Waals surface area contributed by atoms with Gasteiger partial charge >= 0.3 is 6.18 Å². The average Bonchev–Trinajstić information content (AvgIpc) is 2.90. The van der Waals surface area contributed by atoms with Gasteiger partial charge in [0.2, 0.25) is 0 Å². The molecule has 3 heterocycles. The van der Waals surface area contributed by atoms with Crippen LogP contribution in [0.1, 0.15) is 23.5 Å². The highest BCUT2D eigenvalue weighted by Gasteiger charge is 2.45. The molecule has 2 aliphatic rings. The third-order valence-electron chi connectivity index (χ3n) is 5.22. The molecule has 2 aromatic rings. The lowest BCUT2D eigenvalue weighted by Gasteiger charge is -2.31. The first-order valence-corrected chi connectivity index (χ1v) is 9.28. The molecule has 9 heteroatoms. The van der Waals surface area contributed by atoms with Gasteiger partial charge in [0, 0.05) is 37.4 Å². The molecule has 0 spiro atoms. The molecule has 0 radical (unpaired) electrons. The van der Waals surface area contributed by atoms with Gasteiger partial charge in [-0.2, -0.15) is 13.2 Å². The number of benzene rings is 1. The number of hydrogen-bond donors (Lipinski definition) is 2. The number of hydrogen-bond acceptors (Lipinski definition) is 4. The van der Waals surface area contributed by atoms with E-state index < -0.39 is 11.7 Å². The monoisotopic (exact) mass is 416 g/mol. The Morgan fingerprint density at radius 1 is 1.26 bits per heavy atom. The summed E-state index contributed by atoms with van der Waals surface area (Å²) in [4.78, 5) is 5.71. The molecule has 2 aliphatic heterocycles. The quantitative estimate of drug-likeness (QED) is 0.672. The minimum Gasteiger partial charge on any atom is -0.370 e. The smallest absolute Gasteiger partial charge is 0.370 e. The van der Waals surface area contributed by atoms with Crippen LogP contribution >= 0.6 is 23.2 Å². The zero-order valence-corrected chi connectivity index (χ0v) is 15.9. The van der Waals surface area contributed by atoms with E-state index in [9.17, 15) is 13.2 Å². The van der Waals surface area contributed by atoms with Crippen molar-refractivity contribution in [1.29, 1.82) is 0 Å². The van der Waals surface area contributed by atoms with Gasteiger partial charge in [-0.15, -0.1) is 0 Å². The van der Waals surface area contributed by atoms with Gasteiger partial charge in [-0.1, -0.05) is 23.2 Å². The highest BCUT2D eigenvalue weighted by molar-refractivity contribution is 6.34. The zero-order chi connectivity index (χ0) is 19.3. The minimum atomic E-state index is -4.46. The molecule has 2 atom stereocenters. The summed E-state index contributed by atoms with van der Waals surface area (Å²) in [6, 6.07) is 4.50. The van der Waals surface area contributed by atoms with E-state index in [-0.39, 0.29) is 22.8 Å². The largest absolute Gasteiger partial charge is 0.418 e. The van der Waals surface area contributed by atoms with Crippen LogP contribution in [-0.2, 0) is 6.18 Å². The van der Waals surface area contributed by atoms with Crippen LogP contribution in [0, 0.1) is 0 Å². The predicted molar refractivity (Wildman–Crippen MR) is 101 cm³/mol. The summed E-state index contributed by atoms with van der Waals surface area (Å²) in [6.45, 7) is 1.46. The maximum Gasteiger partial charge on any atom is 0.418 e. The molecule has 0 bridgehead atoms. The van der Waals surface area contributed by atoms with Crippen LogP contribution < -0.4 is 15.5 Å². The van der Waals surface area contributed by atoms with Crippen molar-refractivity contribution >= 4 is 40.3 Å². The molecule has 1 aromatic heterocycles. The lowest BCUT2D eigenvalue weighted by molar-refractivity contribution is -0.137. The van der Waals surface area contributed by atoms with Crippen LogP contribution in [0.2, 0.25) is 10.2 Å². The van der Waals surface area contributed by atoms with Gasteiger partial charge in [0.05, 0.1) is 22.0 Å². The van der Waals surface area contributed by atoms with Crippen molar-refractivity contribution in [2.24, 2.45) is 0 Å². The van der Waals surface area contributed by atoms with E-state index in [4.69, 9.17) is 23.2 Å². The van der Waals surface area contributed by atoms with Crippen LogP contribution in [-0.4, -0.2) is 31.2 Å². The molecule has 0 saturated carbocycles. The second-order valence-corrected chi connectivity index (χ2v) is 7.65. The number of likely N-dealkylation sites (N-methyl/N-ethyl adjacent to an activating group) is 1. The Hall–Kier alpha value is -1.70. The number of aromatic nitrogens is 1. The summed E-state index contributed by atoms with van der Waals surface area (Å²) >= 11 is 12.0. The van der Waals surface area contributed by atoms with Crippen LogP contribution in [0.25, 0.3) is 0 Å². The van der Waals surface area contributed by atoms with E-state index in [1.54, 1.807) is 18.0 Å². The van der Waals surface area contributed by atoms with Gasteiger partial charge in [-0.3, -0.25) is 0 Å². The Morgan fingerprint density at radius 3 is 2.78 bits per heavy atom. The van der Waals surface area contributed by atoms with Crippen LogP contribution in [0.5, 0.6) is 0 Å². The molecule has 4 nitrogen and oxygen atoms in total. The second kappa shape index (κ2) is 6.72. The number of nitrogens with zero attached hydrogens (tertiary/aromatic N) is 2. The highest BCUT2D eigenvalue weighted by Crippen LogP contribution is 2.50. The molecule has 0 aliphatic carbocycles. The summed E-state index contributed by atoms with van der Waals surface area (Å²) in [5, 5.41) is 6.72. The predicted octanol–water partition coefficient (Wildman–Crippen LogP) is 5.05. The number of halogens is 5. The van der Waals surface area contributed by atoms with Crippen LogP contribution in [0.4, 0.5) is 30.2 Å². The molecule has 1 fully saturated rings. The van der Waals surface area contributed by atoms with Crippen molar-refractivity contribution in [2.75, 3.05) is 30.4 Å². The third-order valence-corrected chi connectivity index (χ3v) is 5.73. The highest BCUT2D eigenvalue weighted by atomic mass is 35.5. The molecular formula is C18H17Cl2F3N4. The Bertz CT molecular complexity index is 888. The number of anilines is 3. The van der Waals surface area contributed by atoms with Gasteiger partial charge in [0.1, 0.15) is 0 Å².